The largest absolute Gasteiger partial charge is 0.459 e. The van der Waals surface area contributed by atoms with Crippen LogP contribution in [0.3, 0.4) is 0 Å². The van der Waals surface area contributed by atoms with E-state index in [0.717, 1.165) is 0 Å². The molecule has 1 aliphatic heterocycles. The number of esters is 1. The van der Waals surface area contributed by atoms with E-state index in [-0.39, 0.29) is 6.42 Å². The van der Waals surface area contributed by atoms with Crippen molar-refractivity contribution in [1.29, 1.82) is 0 Å². The Morgan fingerprint density at radius 1 is 1.73 bits per heavy atom. The molecule has 0 radical (unpaired) electrons. The van der Waals surface area contributed by atoms with Gasteiger partial charge in [-0.3, -0.25) is 4.79 Å². The van der Waals surface area contributed by atoms with Gasteiger partial charge < -0.3 is 14.6 Å². The first-order valence-electron chi connectivity index (χ1n) is 4.59. The molecular formula is C8H13N3O4. The van der Waals surface area contributed by atoms with Crippen molar-refractivity contribution in [1.82, 2.24) is 0 Å². The van der Waals surface area contributed by atoms with E-state index in [1.165, 1.54) is 6.92 Å². The Morgan fingerprint density at radius 3 is 2.93 bits per heavy atom. The van der Waals surface area contributed by atoms with Crippen LogP contribution >= 0.6 is 0 Å². The van der Waals surface area contributed by atoms with Crippen LogP contribution in [-0.4, -0.2) is 35.6 Å². The molecule has 7 heteroatoms. The number of hydrogen-bond acceptors (Lipinski definition) is 5. The zero-order valence-electron chi connectivity index (χ0n) is 8.53. The standard InChI is InChI=1S/C8H13N3O4/c1-4-8(15-5(2)12)6(10-11-9)3-7(13)14-4/h4,6-8,13H,3H2,1-2H3/t4-,6-,7-,8-/m0/s1. The third-order valence-electron chi connectivity index (χ3n) is 2.16. The van der Waals surface area contributed by atoms with Gasteiger partial charge in [0.15, 0.2) is 6.29 Å². The molecule has 4 atom stereocenters. The number of ether oxygens (including phenoxy) is 2. The van der Waals surface area contributed by atoms with E-state index in [2.05, 4.69) is 10.0 Å². The molecule has 1 aliphatic rings. The monoisotopic (exact) mass is 215 g/mol. The normalized spacial score (nSPS) is 35.4. The molecule has 7 nitrogen and oxygen atoms in total. The fourth-order valence-corrected chi connectivity index (χ4v) is 1.58. The summed E-state index contributed by atoms with van der Waals surface area (Å²) in [6, 6.07) is -0.586. The molecule has 0 aliphatic carbocycles. The summed E-state index contributed by atoms with van der Waals surface area (Å²) in [7, 11) is 0. The number of carbonyl (C=O) groups is 1. The highest BCUT2D eigenvalue weighted by Crippen LogP contribution is 2.24. The molecule has 0 bridgehead atoms. The molecule has 0 aromatic carbocycles. The van der Waals surface area contributed by atoms with Gasteiger partial charge in [-0.1, -0.05) is 5.11 Å². The fraction of sp³-hybridized carbons (Fsp3) is 0.875. The maximum absolute atomic E-state index is 10.8. The zero-order chi connectivity index (χ0) is 11.4. The molecule has 84 valence electrons. The topological polar surface area (TPSA) is 105 Å². The Balaban J connectivity index is 2.76. The molecule has 1 heterocycles. The van der Waals surface area contributed by atoms with Gasteiger partial charge >= 0.3 is 5.97 Å². The van der Waals surface area contributed by atoms with Crippen LogP contribution in [-0.2, 0) is 14.3 Å². The van der Waals surface area contributed by atoms with Gasteiger partial charge in [-0.15, -0.1) is 0 Å². The van der Waals surface area contributed by atoms with E-state index >= 15 is 0 Å². The average Bonchev–Trinajstić information content (AvgIpc) is 2.11. The molecule has 1 rings (SSSR count). The minimum atomic E-state index is -0.984. The predicted octanol–water partition coefficient (Wildman–Crippen LogP) is 0.724. The van der Waals surface area contributed by atoms with E-state index in [0.29, 0.717) is 0 Å². The van der Waals surface area contributed by atoms with Gasteiger partial charge in [-0.2, -0.15) is 0 Å². The number of azide groups is 1. The lowest BCUT2D eigenvalue weighted by atomic mass is 10.0. The van der Waals surface area contributed by atoms with Crippen molar-refractivity contribution in [3.63, 3.8) is 0 Å². The van der Waals surface area contributed by atoms with Gasteiger partial charge in [0, 0.05) is 18.3 Å². The first kappa shape index (κ1) is 11.8. The molecular weight excluding hydrogens is 202 g/mol. The lowest BCUT2D eigenvalue weighted by molar-refractivity contribution is -0.210. The summed E-state index contributed by atoms with van der Waals surface area (Å²) in [6.45, 7) is 2.92. The van der Waals surface area contributed by atoms with Crippen LogP contribution in [0.1, 0.15) is 20.3 Å². The molecule has 0 spiro atoms. The second kappa shape index (κ2) is 4.97. The van der Waals surface area contributed by atoms with Gasteiger partial charge in [-0.25, -0.2) is 0 Å². The van der Waals surface area contributed by atoms with Gasteiger partial charge in [0.05, 0.1) is 12.1 Å². The van der Waals surface area contributed by atoms with Gasteiger partial charge in [-0.05, 0) is 12.5 Å². The highest BCUT2D eigenvalue weighted by atomic mass is 16.6. The lowest BCUT2D eigenvalue weighted by Gasteiger charge is -2.35. The van der Waals surface area contributed by atoms with Crippen LogP contribution in [0.4, 0.5) is 0 Å². The SMILES string of the molecule is CC(=O)O[C@@H]1[C@@H](N=[N+]=[N-])C[C@@H](O)O[C@H]1C. The van der Waals surface area contributed by atoms with Crippen LogP contribution < -0.4 is 0 Å². The second-order valence-electron chi connectivity index (χ2n) is 3.38. The number of hydrogen-bond donors (Lipinski definition) is 1. The number of aliphatic hydroxyl groups excluding tert-OH is 1. The maximum atomic E-state index is 10.8. The summed E-state index contributed by atoms with van der Waals surface area (Å²) >= 11 is 0. The maximum Gasteiger partial charge on any atom is 0.303 e. The Labute approximate surface area is 86.6 Å². The summed E-state index contributed by atoms with van der Waals surface area (Å²) in [4.78, 5) is 13.5. The van der Waals surface area contributed by atoms with E-state index in [1.807, 2.05) is 0 Å². The molecule has 0 amide bonds. The quantitative estimate of drug-likeness (QED) is 0.317. The van der Waals surface area contributed by atoms with Crippen molar-refractivity contribution in [2.45, 2.75) is 44.8 Å². The van der Waals surface area contributed by atoms with E-state index in [4.69, 9.17) is 15.0 Å². The lowest BCUT2D eigenvalue weighted by Crippen LogP contribution is -2.48. The predicted molar refractivity (Wildman–Crippen MR) is 49.7 cm³/mol. The highest BCUT2D eigenvalue weighted by Gasteiger charge is 2.37. The summed E-state index contributed by atoms with van der Waals surface area (Å²) in [5.41, 5.74) is 8.34. The first-order valence-corrected chi connectivity index (χ1v) is 4.59. The van der Waals surface area contributed by atoms with Crippen LogP contribution in [0.2, 0.25) is 0 Å². The van der Waals surface area contributed by atoms with E-state index < -0.39 is 30.5 Å². The molecule has 1 saturated heterocycles. The number of nitrogens with zero attached hydrogens (tertiary/aromatic N) is 3. The number of aliphatic hydroxyl groups is 1. The molecule has 1 fully saturated rings. The Kier molecular flexibility index (Phi) is 3.90. The Morgan fingerprint density at radius 2 is 2.40 bits per heavy atom. The van der Waals surface area contributed by atoms with Crippen LogP contribution in [0.15, 0.2) is 5.11 Å². The van der Waals surface area contributed by atoms with Crippen LogP contribution in [0.5, 0.6) is 0 Å². The number of carbonyl (C=O) groups excluding carboxylic acids is 1. The number of rotatable bonds is 2. The van der Waals surface area contributed by atoms with Crippen LogP contribution in [0, 0.1) is 0 Å². The van der Waals surface area contributed by atoms with E-state index in [9.17, 15) is 9.90 Å². The summed E-state index contributed by atoms with van der Waals surface area (Å²) in [5, 5.41) is 12.8. The van der Waals surface area contributed by atoms with Crippen molar-refractivity contribution in [2.75, 3.05) is 0 Å². The minimum Gasteiger partial charge on any atom is -0.459 e. The summed E-state index contributed by atoms with van der Waals surface area (Å²) in [6.07, 6.45) is -1.98. The molecule has 0 aromatic heterocycles. The van der Waals surface area contributed by atoms with Crippen molar-refractivity contribution in [2.24, 2.45) is 5.11 Å². The third-order valence-corrected chi connectivity index (χ3v) is 2.16. The van der Waals surface area contributed by atoms with Crippen molar-refractivity contribution >= 4 is 5.97 Å². The summed E-state index contributed by atoms with van der Waals surface area (Å²) in [5.74, 6) is -0.468. The van der Waals surface area contributed by atoms with E-state index in [1.54, 1.807) is 6.92 Å². The highest BCUT2D eigenvalue weighted by molar-refractivity contribution is 5.66. The zero-order valence-corrected chi connectivity index (χ0v) is 8.53. The molecule has 0 aromatic rings. The van der Waals surface area contributed by atoms with Gasteiger partial charge in [0.25, 0.3) is 0 Å². The van der Waals surface area contributed by atoms with Crippen molar-refractivity contribution in [3.8, 4) is 0 Å². The van der Waals surface area contributed by atoms with Crippen molar-refractivity contribution < 1.29 is 19.4 Å². The van der Waals surface area contributed by atoms with Gasteiger partial charge in [0.1, 0.15) is 6.10 Å². The van der Waals surface area contributed by atoms with Gasteiger partial charge in [0.2, 0.25) is 0 Å². The molecule has 0 unspecified atom stereocenters. The average molecular weight is 215 g/mol. The Bertz CT molecular complexity index is 290. The first-order chi connectivity index (χ1) is 7.04. The molecule has 1 N–H and O–H groups in total. The Hall–Kier alpha value is -1.30. The smallest absolute Gasteiger partial charge is 0.303 e. The summed E-state index contributed by atoms with van der Waals surface area (Å²) < 4.78 is 10.0. The van der Waals surface area contributed by atoms with Crippen LogP contribution in [0.25, 0.3) is 10.4 Å². The molecule has 15 heavy (non-hydrogen) atoms. The third kappa shape index (κ3) is 3.09. The molecule has 0 saturated carbocycles. The van der Waals surface area contributed by atoms with Crippen molar-refractivity contribution in [3.05, 3.63) is 10.4 Å². The fourth-order valence-electron chi connectivity index (χ4n) is 1.58. The second-order valence-corrected chi connectivity index (χ2v) is 3.38. The minimum absolute atomic E-state index is 0.131.